The molecule has 1 amide bonds. The number of hydrogen-bond donors (Lipinski definition) is 1. The molecule has 0 unspecified atom stereocenters. The average molecular weight is 310 g/mol. The van der Waals surface area contributed by atoms with Crippen molar-refractivity contribution in [3.8, 4) is 5.75 Å². The number of nitrogens with one attached hydrogen (secondary N) is 1. The van der Waals surface area contributed by atoms with Gasteiger partial charge >= 0.3 is 0 Å². The molecule has 0 fully saturated rings. The summed E-state index contributed by atoms with van der Waals surface area (Å²) in [4.78, 5) is 11.8. The molecule has 0 atom stereocenters. The number of methoxy groups -OCH3 is 1. The highest BCUT2D eigenvalue weighted by molar-refractivity contribution is 5.84. The van der Waals surface area contributed by atoms with Crippen molar-refractivity contribution in [2.45, 2.75) is 26.7 Å². The summed E-state index contributed by atoms with van der Waals surface area (Å²) in [5, 5.41) is 4.05. The van der Waals surface area contributed by atoms with Crippen LogP contribution in [0.25, 0.3) is 0 Å². The number of ether oxygens (including phenoxy) is 1. The molecular formula is C19H22N2O2. The zero-order valence-electron chi connectivity index (χ0n) is 13.8. The van der Waals surface area contributed by atoms with E-state index in [0.717, 1.165) is 28.0 Å². The Kier molecular flexibility index (Phi) is 5.92. The number of hydrogen-bond acceptors (Lipinski definition) is 3. The number of benzene rings is 2. The highest BCUT2D eigenvalue weighted by atomic mass is 16.5. The van der Waals surface area contributed by atoms with Gasteiger partial charge in [0.1, 0.15) is 5.75 Å². The summed E-state index contributed by atoms with van der Waals surface area (Å²) in [5.41, 5.74) is 6.85. The van der Waals surface area contributed by atoms with Crippen LogP contribution in [0.4, 0.5) is 0 Å². The van der Waals surface area contributed by atoms with Crippen LogP contribution in [0.3, 0.4) is 0 Å². The van der Waals surface area contributed by atoms with E-state index in [0.29, 0.717) is 12.8 Å². The van der Waals surface area contributed by atoms with Crippen molar-refractivity contribution in [2.24, 2.45) is 5.10 Å². The molecule has 2 rings (SSSR count). The number of carbonyl (C=O) groups is 1. The standard InChI is InChI=1S/C19H22N2O2/c1-14-15(2)18(23-3)11-10-17(14)13-20-21-19(22)12-9-16-7-5-4-6-8-16/h4-8,10-11,13H,9,12H2,1-3H3,(H,21,22). The van der Waals surface area contributed by atoms with Crippen LogP contribution in [-0.4, -0.2) is 19.2 Å². The average Bonchev–Trinajstić information content (AvgIpc) is 2.58. The monoisotopic (exact) mass is 310 g/mol. The van der Waals surface area contributed by atoms with Crippen LogP contribution in [-0.2, 0) is 11.2 Å². The van der Waals surface area contributed by atoms with Gasteiger partial charge in [-0.25, -0.2) is 5.43 Å². The van der Waals surface area contributed by atoms with Gasteiger partial charge in [0.05, 0.1) is 13.3 Å². The largest absolute Gasteiger partial charge is 0.496 e. The molecule has 2 aromatic rings. The molecule has 0 heterocycles. The minimum atomic E-state index is -0.0898. The smallest absolute Gasteiger partial charge is 0.240 e. The maximum atomic E-state index is 11.8. The third-order valence-corrected chi connectivity index (χ3v) is 3.88. The van der Waals surface area contributed by atoms with Gasteiger partial charge in [-0.2, -0.15) is 5.10 Å². The second kappa shape index (κ2) is 8.13. The van der Waals surface area contributed by atoms with Crippen LogP contribution >= 0.6 is 0 Å². The van der Waals surface area contributed by atoms with Crippen LogP contribution in [0.1, 0.15) is 28.7 Å². The van der Waals surface area contributed by atoms with Crippen LogP contribution in [0, 0.1) is 13.8 Å². The molecule has 0 spiro atoms. The lowest BCUT2D eigenvalue weighted by Crippen LogP contribution is -2.18. The number of rotatable bonds is 6. The van der Waals surface area contributed by atoms with E-state index in [2.05, 4.69) is 10.5 Å². The van der Waals surface area contributed by atoms with Crippen molar-refractivity contribution in [3.05, 3.63) is 64.7 Å². The van der Waals surface area contributed by atoms with Crippen LogP contribution < -0.4 is 10.2 Å². The van der Waals surface area contributed by atoms with E-state index >= 15 is 0 Å². The Hall–Kier alpha value is -2.62. The van der Waals surface area contributed by atoms with E-state index in [4.69, 9.17) is 4.74 Å². The predicted octanol–water partition coefficient (Wildman–Crippen LogP) is 3.39. The zero-order valence-corrected chi connectivity index (χ0v) is 13.8. The normalized spacial score (nSPS) is 10.7. The molecule has 0 radical (unpaired) electrons. The van der Waals surface area contributed by atoms with E-state index in [1.54, 1.807) is 13.3 Å². The lowest BCUT2D eigenvalue weighted by atomic mass is 10.0. The van der Waals surface area contributed by atoms with Crippen molar-refractivity contribution in [2.75, 3.05) is 7.11 Å². The van der Waals surface area contributed by atoms with Gasteiger partial charge in [0, 0.05) is 6.42 Å². The summed E-state index contributed by atoms with van der Waals surface area (Å²) in [6.45, 7) is 4.01. The molecule has 4 nitrogen and oxygen atoms in total. The fourth-order valence-corrected chi connectivity index (χ4v) is 2.31. The minimum absolute atomic E-state index is 0.0898. The predicted molar refractivity (Wildman–Crippen MR) is 93.0 cm³/mol. The highest BCUT2D eigenvalue weighted by Crippen LogP contribution is 2.22. The van der Waals surface area contributed by atoms with E-state index in [1.807, 2.05) is 56.3 Å². The molecule has 1 N–H and O–H groups in total. The first-order valence-electron chi connectivity index (χ1n) is 7.62. The molecule has 0 aliphatic carbocycles. The highest BCUT2D eigenvalue weighted by Gasteiger charge is 2.05. The second-order valence-electron chi connectivity index (χ2n) is 5.39. The molecule has 0 aliphatic rings. The van der Waals surface area contributed by atoms with Crippen molar-refractivity contribution in [1.82, 2.24) is 5.43 Å². The van der Waals surface area contributed by atoms with Crippen molar-refractivity contribution >= 4 is 12.1 Å². The van der Waals surface area contributed by atoms with Gasteiger partial charge in [0.15, 0.2) is 0 Å². The first kappa shape index (κ1) is 16.7. The molecule has 0 bridgehead atoms. The van der Waals surface area contributed by atoms with Gasteiger partial charge in [-0.15, -0.1) is 0 Å². The lowest BCUT2D eigenvalue weighted by molar-refractivity contribution is -0.121. The SMILES string of the molecule is COc1ccc(C=NNC(=O)CCc2ccccc2)c(C)c1C. The Bertz CT molecular complexity index is 694. The van der Waals surface area contributed by atoms with E-state index in [-0.39, 0.29) is 5.91 Å². The number of amides is 1. The number of carbonyl (C=O) groups excluding carboxylic acids is 1. The molecule has 0 saturated carbocycles. The third kappa shape index (κ3) is 4.68. The Morgan fingerprint density at radius 1 is 1.13 bits per heavy atom. The number of aryl methyl sites for hydroxylation is 1. The van der Waals surface area contributed by atoms with E-state index in [1.165, 1.54) is 0 Å². The van der Waals surface area contributed by atoms with Crippen molar-refractivity contribution in [1.29, 1.82) is 0 Å². The first-order valence-corrected chi connectivity index (χ1v) is 7.62. The number of hydrazone groups is 1. The van der Waals surface area contributed by atoms with Gasteiger partial charge in [0.25, 0.3) is 0 Å². The van der Waals surface area contributed by atoms with Crippen LogP contribution in [0.15, 0.2) is 47.6 Å². The second-order valence-corrected chi connectivity index (χ2v) is 5.39. The Balaban J connectivity index is 1.89. The lowest BCUT2D eigenvalue weighted by Gasteiger charge is -2.09. The molecule has 0 aliphatic heterocycles. The molecule has 23 heavy (non-hydrogen) atoms. The summed E-state index contributed by atoms with van der Waals surface area (Å²) >= 11 is 0. The van der Waals surface area contributed by atoms with Gasteiger partial charge in [-0.3, -0.25) is 4.79 Å². The summed E-state index contributed by atoms with van der Waals surface area (Å²) in [7, 11) is 1.66. The minimum Gasteiger partial charge on any atom is -0.496 e. The van der Waals surface area contributed by atoms with Gasteiger partial charge in [0.2, 0.25) is 5.91 Å². The van der Waals surface area contributed by atoms with Crippen LogP contribution in [0.5, 0.6) is 5.75 Å². The molecule has 4 heteroatoms. The fourth-order valence-electron chi connectivity index (χ4n) is 2.31. The molecular weight excluding hydrogens is 288 g/mol. The van der Waals surface area contributed by atoms with Crippen molar-refractivity contribution in [3.63, 3.8) is 0 Å². The molecule has 0 saturated heterocycles. The fraction of sp³-hybridized carbons (Fsp3) is 0.263. The first-order chi connectivity index (χ1) is 11.1. The molecule has 0 aromatic heterocycles. The topological polar surface area (TPSA) is 50.7 Å². The third-order valence-electron chi connectivity index (χ3n) is 3.88. The molecule has 2 aromatic carbocycles. The van der Waals surface area contributed by atoms with Gasteiger partial charge in [-0.1, -0.05) is 30.3 Å². The van der Waals surface area contributed by atoms with Crippen molar-refractivity contribution < 1.29 is 9.53 Å². The maximum Gasteiger partial charge on any atom is 0.240 e. The Labute approximate surface area is 137 Å². The summed E-state index contributed by atoms with van der Waals surface area (Å²) in [6, 6.07) is 13.8. The molecule has 120 valence electrons. The van der Waals surface area contributed by atoms with Gasteiger partial charge < -0.3 is 4.74 Å². The summed E-state index contributed by atoms with van der Waals surface area (Å²) < 4.78 is 5.28. The van der Waals surface area contributed by atoms with Crippen LogP contribution in [0.2, 0.25) is 0 Å². The number of nitrogens with zero attached hydrogens (tertiary/aromatic N) is 1. The summed E-state index contributed by atoms with van der Waals surface area (Å²) in [5.74, 6) is 0.763. The Morgan fingerprint density at radius 2 is 1.87 bits per heavy atom. The maximum absolute atomic E-state index is 11.8. The Morgan fingerprint density at radius 3 is 2.57 bits per heavy atom. The van der Waals surface area contributed by atoms with E-state index in [9.17, 15) is 4.79 Å². The summed E-state index contributed by atoms with van der Waals surface area (Å²) in [6.07, 6.45) is 2.80. The van der Waals surface area contributed by atoms with Gasteiger partial charge in [-0.05, 0) is 54.7 Å². The van der Waals surface area contributed by atoms with E-state index < -0.39 is 0 Å². The quantitative estimate of drug-likeness (QED) is 0.657. The zero-order chi connectivity index (χ0) is 16.7.